The summed E-state index contributed by atoms with van der Waals surface area (Å²) in [6, 6.07) is 14.4. The molecule has 24 heavy (non-hydrogen) atoms. The molecule has 1 N–H and O–H groups in total. The van der Waals surface area contributed by atoms with Crippen molar-refractivity contribution in [1.29, 1.82) is 0 Å². The predicted octanol–water partition coefficient (Wildman–Crippen LogP) is 1.31. The van der Waals surface area contributed by atoms with Gasteiger partial charge in [-0.05, 0) is 42.8 Å². The summed E-state index contributed by atoms with van der Waals surface area (Å²) in [7, 11) is -1.33. The maximum absolute atomic E-state index is 12.7. The average Bonchev–Trinajstić information content (AvgIpc) is 2.58. The molecule has 1 fully saturated rings. The summed E-state index contributed by atoms with van der Waals surface area (Å²) in [5, 5.41) is 0. The number of piperazine rings is 1. The fraction of sp³-hybridized carbons (Fsp3) is 0.333. The fourth-order valence-corrected chi connectivity index (χ4v) is 4.18. The Bertz CT molecular complexity index is 795. The summed E-state index contributed by atoms with van der Waals surface area (Å²) < 4.78 is 32.8. The molecule has 5 nitrogen and oxygen atoms in total. The first-order valence-electron chi connectivity index (χ1n) is 8.12. The highest BCUT2D eigenvalue weighted by Crippen LogP contribution is 2.26. The lowest BCUT2D eigenvalue weighted by Gasteiger charge is -2.29. The van der Waals surface area contributed by atoms with Crippen molar-refractivity contribution in [2.75, 3.05) is 33.2 Å². The number of rotatable bonds is 4. The number of hydrogen-bond donors (Lipinski definition) is 1. The van der Waals surface area contributed by atoms with Gasteiger partial charge in [0.15, 0.2) is 0 Å². The van der Waals surface area contributed by atoms with E-state index in [0.717, 1.165) is 24.4 Å². The average molecular weight is 347 g/mol. The van der Waals surface area contributed by atoms with Gasteiger partial charge in [-0.15, -0.1) is 0 Å². The molecule has 0 amide bonds. The van der Waals surface area contributed by atoms with Crippen LogP contribution in [-0.2, 0) is 10.0 Å². The third-order valence-corrected chi connectivity index (χ3v) is 6.27. The minimum Gasteiger partial charge on any atom is -0.457 e. The number of ether oxygens (including phenoxy) is 1. The van der Waals surface area contributed by atoms with E-state index in [1.54, 1.807) is 28.6 Å². The first-order chi connectivity index (χ1) is 11.5. The molecule has 1 saturated heterocycles. The Balaban J connectivity index is 1.75. The highest BCUT2D eigenvalue weighted by atomic mass is 32.2. The Kier molecular flexibility index (Phi) is 4.89. The maximum Gasteiger partial charge on any atom is 0.243 e. The molecule has 0 radical (unpaired) electrons. The third-order valence-electron chi connectivity index (χ3n) is 4.36. The molecule has 0 bridgehead atoms. The molecule has 0 aliphatic carbocycles. The fourth-order valence-electron chi connectivity index (χ4n) is 2.73. The van der Waals surface area contributed by atoms with Crippen molar-refractivity contribution in [2.24, 2.45) is 0 Å². The molecule has 1 aliphatic heterocycles. The van der Waals surface area contributed by atoms with Crippen LogP contribution in [0.3, 0.4) is 0 Å². The van der Waals surface area contributed by atoms with Gasteiger partial charge in [0.25, 0.3) is 0 Å². The first-order valence-corrected chi connectivity index (χ1v) is 9.56. The lowest BCUT2D eigenvalue weighted by Crippen LogP contribution is -3.12. The molecule has 0 atom stereocenters. The Hall–Kier alpha value is -1.89. The SMILES string of the molecule is Cc1ccccc1Oc1ccc(S(=O)(=O)N2CC[NH+](C)CC2)cc1. The van der Waals surface area contributed by atoms with Crippen molar-refractivity contribution in [2.45, 2.75) is 11.8 Å². The number of quaternary nitrogens is 1. The van der Waals surface area contributed by atoms with Crippen LogP contribution in [0.5, 0.6) is 11.5 Å². The van der Waals surface area contributed by atoms with Crippen LogP contribution in [0.25, 0.3) is 0 Å². The van der Waals surface area contributed by atoms with Gasteiger partial charge >= 0.3 is 0 Å². The smallest absolute Gasteiger partial charge is 0.243 e. The van der Waals surface area contributed by atoms with Gasteiger partial charge < -0.3 is 9.64 Å². The van der Waals surface area contributed by atoms with E-state index >= 15 is 0 Å². The van der Waals surface area contributed by atoms with Gasteiger partial charge in [-0.25, -0.2) is 8.42 Å². The Morgan fingerprint density at radius 3 is 2.25 bits per heavy atom. The summed E-state index contributed by atoms with van der Waals surface area (Å²) in [6.45, 7) is 4.79. The van der Waals surface area contributed by atoms with Crippen molar-refractivity contribution >= 4 is 10.0 Å². The van der Waals surface area contributed by atoms with Crippen LogP contribution < -0.4 is 9.64 Å². The Labute approximate surface area is 143 Å². The van der Waals surface area contributed by atoms with Crippen LogP contribution in [0.1, 0.15) is 5.56 Å². The van der Waals surface area contributed by atoms with Gasteiger partial charge in [-0.1, -0.05) is 18.2 Å². The van der Waals surface area contributed by atoms with Gasteiger partial charge in [-0.2, -0.15) is 4.31 Å². The normalized spacial score (nSPS) is 16.9. The largest absolute Gasteiger partial charge is 0.457 e. The zero-order chi connectivity index (χ0) is 17.2. The van der Waals surface area contributed by atoms with Crippen molar-refractivity contribution in [3.05, 3.63) is 54.1 Å². The second kappa shape index (κ2) is 6.93. The van der Waals surface area contributed by atoms with E-state index in [4.69, 9.17) is 4.74 Å². The van der Waals surface area contributed by atoms with Crippen molar-refractivity contribution in [1.82, 2.24) is 4.31 Å². The molecule has 0 spiro atoms. The zero-order valence-corrected chi connectivity index (χ0v) is 14.8. The molecule has 0 aromatic heterocycles. The van der Waals surface area contributed by atoms with E-state index in [9.17, 15) is 8.42 Å². The van der Waals surface area contributed by atoms with Gasteiger partial charge in [-0.3, -0.25) is 0 Å². The predicted molar refractivity (Wildman–Crippen MR) is 93.1 cm³/mol. The minimum atomic E-state index is -3.42. The maximum atomic E-state index is 12.7. The van der Waals surface area contributed by atoms with Crippen LogP contribution in [0.4, 0.5) is 0 Å². The summed E-state index contributed by atoms with van der Waals surface area (Å²) in [5.74, 6) is 1.40. The lowest BCUT2D eigenvalue weighted by molar-refractivity contribution is -0.883. The second-order valence-electron chi connectivity index (χ2n) is 6.20. The number of para-hydroxylation sites is 1. The molecule has 6 heteroatoms. The summed E-state index contributed by atoms with van der Waals surface area (Å²) >= 11 is 0. The molecule has 1 heterocycles. The van der Waals surface area contributed by atoms with Crippen LogP contribution in [-0.4, -0.2) is 45.9 Å². The van der Waals surface area contributed by atoms with Crippen LogP contribution in [0, 0.1) is 6.92 Å². The standard InChI is InChI=1S/C18H22N2O3S/c1-15-5-3-4-6-18(15)23-16-7-9-17(10-8-16)24(21,22)20-13-11-19(2)12-14-20/h3-10H,11-14H2,1-2H3/p+1. The number of likely N-dealkylation sites (N-methyl/N-ethyl adjacent to an activating group) is 1. The minimum absolute atomic E-state index is 0.319. The molecule has 2 aromatic carbocycles. The number of nitrogens with one attached hydrogen (secondary N) is 1. The highest BCUT2D eigenvalue weighted by molar-refractivity contribution is 7.89. The molecule has 0 unspecified atom stereocenters. The molecular weight excluding hydrogens is 324 g/mol. The number of hydrogen-bond acceptors (Lipinski definition) is 3. The van der Waals surface area contributed by atoms with Gasteiger partial charge in [0.1, 0.15) is 11.5 Å². The number of nitrogens with zero attached hydrogens (tertiary/aromatic N) is 1. The zero-order valence-electron chi connectivity index (χ0n) is 14.0. The van der Waals surface area contributed by atoms with Crippen molar-refractivity contribution in [3.63, 3.8) is 0 Å². The lowest BCUT2D eigenvalue weighted by atomic mass is 10.2. The van der Waals surface area contributed by atoms with Crippen LogP contribution in [0.15, 0.2) is 53.4 Å². The number of benzene rings is 2. The molecule has 128 valence electrons. The van der Waals surface area contributed by atoms with E-state index in [-0.39, 0.29) is 0 Å². The van der Waals surface area contributed by atoms with Gasteiger partial charge in [0.2, 0.25) is 10.0 Å². The van der Waals surface area contributed by atoms with E-state index in [0.29, 0.717) is 23.7 Å². The quantitative estimate of drug-likeness (QED) is 0.907. The summed E-state index contributed by atoms with van der Waals surface area (Å²) in [5.41, 5.74) is 1.04. The Morgan fingerprint density at radius 1 is 1.00 bits per heavy atom. The van der Waals surface area contributed by atoms with E-state index in [1.807, 2.05) is 31.2 Å². The number of sulfonamides is 1. The molecular formula is C18H23N2O3S+. The van der Waals surface area contributed by atoms with E-state index < -0.39 is 10.0 Å². The molecule has 0 saturated carbocycles. The molecule has 2 aromatic rings. The van der Waals surface area contributed by atoms with E-state index in [2.05, 4.69) is 7.05 Å². The van der Waals surface area contributed by atoms with Gasteiger partial charge in [0.05, 0.1) is 38.1 Å². The van der Waals surface area contributed by atoms with Gasteiger partial charge in [0, 0.05) is 0 Å². The molecule has 3 rings (SSSR count). The monoisotopic (exact) mass is 347 g/mol. The topological polar surface area (TPSA) is 51.1 Å². The summed E-state index contributed by atoms with van der Waals surface area (Å²) in [6.07, 6.45) is 0. The second-order valence-corrected chi connectivity index (χ2v) is 8.14. The Morgan fingerprint density at radius 2 is 1.62 bits per heavy atom. The van der Waals surface area contributed by atoms with E-state index in [1.165, 1.54) is 4.90 Å². The van der Waals surface area contributed by atoms with Crippen LogP contribution in [0.2, 0.25) is 0 Å². The molecule has 1 aliphatic rings. The van der Waals surface area contributed by atoms with Crippen molar-refractivity contribution < 1.29 is 18.1 Å². The summed E-state index contributed by atoms with van der Waals surface area (Å²) in [4.78, 5) is 1.68. The first kappa shape index (κ1) is 17.0. The third kappa shape index (κ3) is 3.61. The van der Waals surface area contributed by atoms with Crippen LogP contribution >= 0.6 is 0 Å². The highest BCUT2D eigenvalue weighted by Gasteiger charge is 2.29. The van der Waals surface area contributed by atoms with Crippen molar-refractivity contribution in [3.8, 4) is 11.5 Å². The number of aryl methyl sites for hydroxylation is 1.